The molecule has 0 aromatic heterocycles. The van der Waals surface area contributed by atoms with Crippen molar-refractivity contribution in [2.45, 2.75) is 52.1 Å². The Morgan fingerprint density at radius 1 is 1.38 bits per heavy atom. The second-order valence-electron chi connectivity index (χ2n) is 8.66. The molecule has 126 valence electrons. The number of nitrogens with zero attached hydrogens (tertiary/aromatic N) is 1. The molecule has 0 amide bonds. The summed E-state index contributed by atoms with van der Waals surface area (Å²) in [4.78, 5) is 11.8. The van der Waals surface area contributed by atoms with Gasteiger partial charge >= 0.3 is 0 Å². The molecule has 0 aromatic rings. The lowest BCUT2D eigenvalue weighted by Crippen LogP contribution is -2.51. The summed E-state index contributed by atoms with van der Waals surface area (Å²) < 4.78 is 0. The Labute approximate surface area is 143 Å². The quantitative estimate of drug-likeness (QED) is 0.546. The zero-order chi connectivity index (χ0) is 17.3. The first-order valence-electron chi connectivity index (χ1n) is 9.04. The monoisotopic (exact) mass is 323 g/mol. The van der Waals surface area contributed by atoms with E-state index >= 15 is 0 Å². The van der Waals surface area contributed by atoms with Crippen molar-refractivity contribution in [3.63, 3.8) is 0 Å². The smallest absolute Gasteiger partial charge is 0.178 e. The van der Waals surface area contributed by atoms with Crippen LogP contribution in [-0.4, -0.2) is 16.5 Å². The lowest BCUT2D eigenvalue weighted by Gasteiger charge is -2.52. The molecule has 4 aliphatic rings. The van der Waals surface area contributed by atoms with Gasteiger partial charge in [0.05, 0.1) is 6.07 Å². The van der Waals surface area contributed by atoms with E-state index in [4.69, 9.17) is 0 Å². The van der Waals surface area contributed by atoms with Crippen LogP contribution >= 0.6 is 0 Å². The standard InChI is InChI=1S/C21H25NO2/c1-13-10-18-16-5-4-14-11-15(23)6-8-19(14,2)17(16)7-9-20(18,3)21(13,24)12-22/h6-8,11,13,16,18,24H,4-5,9-10H2,1-3H3/t13-,16?,18?,19-,20-,21+/m0/s1. The highest BCUT2D eigenvalue weighted by Gasteiger charge is 2.64. The van der Waals surface area contributed by atoms with Crippen molar-refractivity contribution in [1.82, 2.24) is 0 Å². The number of hydrogen-bond acceptors (Lipinski definition) is 3. The highest BCUT2D eigenvalue weighted by molar-refractivity contribution is 6.01. The summed E-state index contributed by atoms with van der Waals surface area (Å²) in [5, 5.41) is 20.8. The van der Waals surface area contributed by atoms with E-state index in [1.54, 1.807) is 6.08 Å². The van der Waals surface area contributed by atoms with Crippen molar-refractivity contribution in [3.8, 4) is 6.07 Å². The van der Waals surface area contributed by atoms with Crippen molar-refractivity contribution in [2.75, 3.05) is 0 Å². The SMILES string of the molecule is C[C@H]1CC2C3CCC4=CC(=O)C=C[C@]4(C)C3=CC[C@]2(C)[C@@]1(O)C#N. The summed E-state index contributed by atoms with van der Waals surface area (Å²) in [6.07, 6.45) is 11.4. The summed E-state index contributed by atoms with van der Waals surface area (Å²) in [6, 6.07) is 2.25. The number of carbonyl (C=O) groups excluding carboxylic acids is 1. The van der Waals surface area contributed by atoms with Gasteiger partial charge in [0, 0.05) is 10.8 Å². The number of hydrogen-bond donors (Lipinski definition) is 1. The van der Waals surface area contributed by atoms with Crippen LogP contribution in [0.2, 0.25) is 0 Å². The first-order valence-corrected chi connectivity index (χ1v) is 9.04. The highest BCUT2D eigenvalue weighted by atomic mass is 16.3. The van der Waals surface area contributed by atoms with Gasteiger partial charge in [-0.25, -0.2) is 0 Å². The number of nitriles is 1. The Morgan fingerprint density at radius 3 is 2.83 bits per heavy atom. The largest absolute Gasteiger partial charge is 0.374 e. The Bertz CT molecular complexity index is 754. The Morgan fingerprint density at radius 2 is 2.12 bits per heavy atom. The molecule has 3 heteroatoms. The van der Waals surface area contributed by atoms with Gasteiger partial charge in [-0.1, -0.05) is 37.1 Å². The fraction of sp³-hybridized carbons (Fsp3) is 0.619. The maximum Gasteiger partial charge on any atom is 0.178 e. The van der Waals surface area contributed by atoms with Crippen LogP contribution in [0.15, 0.2) is 35.5 Å². The van der Waals surface area contributed by atoms with Crippen LogP contribution in [-0.2, 0) is 4.79 Å². The van der Waals surface area contributed by atoms with E-state index in [0.717, 1.165) is 25.7 Å². The molecule has 0 spiro atoms. The van der Waals surface area contributed by atoms with Gasteiger partial charge in [0.15, 0.2) is 11.4 Å². The molecular formula is C21H25NO2. The zero-order valence-corrected chi connectivity index (χ0v) is 14.7. The molecule has 0 aliphatic heterocycles. The fourth-order valence-electron chi connectivity index (χ4n) is 6.10. The van der Waals surface area contributed by atoms with Crippen LogP contribution in [0.4, 0.5) is 0 Å². The molecule has 1 N–H and O–H groups in total. The number of aliphatic hydroxyl groups is 1. The average molecular weight is 323 g/mol. The minimum Gasteiger partial charge on any atom is -0.374 e. The number of rotatable bonds is 0. The number of ketones is 1. The predicted octanol–water partition coefficient (Wildman–Crippen LogP) is 3.72. The first-order chi connectivity index (χ1) is 11.3. The fourth-order valence-corrected chi connectivity index (χ4v) is 6.10. The Hall–Kier alpha value is -1.66. The molecule has 0 heterocycles. The second-order valence-corrected chi connectivity index (χ2v) is 8.66. The second kappa shape index (κ2) is 4.70. The van der Waals surface area contributed by atoms with Crippen molar-refractivity contribution in [3.05, 3.63) is 35.5 Å². The lowest BCUT2D eigenvalue weighted by atomic mass is 9.52. The van der Waals surface area contributed by atoms with Crippen LogP contribution in [0.1, 0.15) is 46.5 Å². The third-order valence-electron chi connectivity index (χ3n) is 7.70. The molecule has 0 aromatic carbocycles. The number of fused-ring (bicyclic) bond motifs is 5. The van der Waals surface area contributed by atoms with E-state index in [1.807, 2.05) is 13.0 Å². The molecule has 0 saturated heterocycles. The van der Waals surface area contributed by atoms with Gasteiger partial charge < -0.3 is 5.11 Å². The summed E-state index contributed by atoms with van der Waals surface area (Å²) in [5.41, 5.74) is 0.855. The van der Waals surface area contributed by atoms with Gasteiger partial charge in [-0.15, -0.1) is 0 Å². The highest BCUT2D eigenvalue weighted by Crippen LogP contribution is 2.66. The summed E-state index contributed by atoms with van der Waals surface area (Å²) in [7, 11) is 0. The predicted molar refractivity (Wildman–Crippen MR) is 91.7 cm³/mol. The Kier molecular flexibility index (Phi) is 3.10. The molecule has 4 rings (SSSR count). The minimum absolute atomic E-state index is 0.00142. The molecule has 0 radical (unpaired) electrons. The summed E-state index contributed by atoms with van der Waals surface area (Å²) in [6.45, 7) is 6.34. The lowest BCUT2D eigenvalue weighted by molar-refractivity contribution is -0.110. The molecule has 6 atom stereocenters. The Balaban J connectivity index is 1.81. The average Bonchev–Trinajstić information content (AvgIpc) is 2.76. The molecule has 3 nitrogen and oxygen atoms in total. The number of carbonyl (C=O) groups is 1. The molecule has 2 fully saturated rings. The number of allylic oxidation sites excluding steroid dienone is 6. The maximum atomic E-state index is 11.8. The molecule has 2 saturated carbocycles. The minimum atomic E-state index is -1.24. The van der Waals surface area contributed by atoms with Gasteiger partial charge in [0.2, 0.25) is 0 Å². The summed E-state index contributed by atoms with van der Waals surface area (Å²) in [5.74, 6) is 0.823. The molecule has 24 heavy (non-hydrogen) atoms. The van der Waals surface area contributed by atoms with E-state index in [-0.39, 0.29) is 22.5 Å². The van der Waals surface area contributed by atoms with Crippen LogP contribution in [0.25, 0.3) is 0 Å². The van der Waals surface area contributed by atoms with Crippen LogP contribution < -0.4 is 0 Å². The van der Waals surface area contributed by atoms with Gasteiger partial charge in [0.1, 0.15) is 0 Å². The first kappa shape index (κ1) is 15.8. The van der Waals surface area contributed by atoms with E-state index in [0.29, 0.717) is 11.8 Å². The van der Waals surface area contributed by atoms with Gasteiger partial charge in [0.25, 0.3) is 0 Å². The summed E-state index contributed by atoms with van der Waals surface area (Å²) >= 11 is 0. The molecule has 0 bridgehead atoms. The van der Waals surface area contributed by atoms with Crippen molar-refractivity contribution < 1.29 is 9.90 Å². The van der Waals surface area contributed by atoms with Crippen molar-refractivity contribution in [1.29, 1.82) is 5.26 Å². The topological polar surface area (TPSA) is 61.1 Å². The van der Waals surface area contributed by atoms with Crippen LogP contribution in [0, 0.1) is 39.9 Å². The third-order valence-corrected chi connectivity index (χ3v) is 7.70. The molecule has 4 aliphatic carbocycles. The van der Waals surface area contributed by atoms with Crippen molar-refractivity contribution in [2.24, 2.45) is 28.6 Å². The normalized spacial score (nSPS) is 49.5. The van der Waals surface area contributed by atoms with Crippen molar-refractivity contribution >= 4 is 5.78 Å². The molecule has 2 unspecified atom stereocenters. The maximum absolute atomic E-state index is 11.8. The van der Waals surface area contributed by atoms with Gasteiger partial charge in [-0.2, -0.15) is 5.26 Å². The van der Waals surface area contributed by atoms with E-state index < -0.39 is 5.60 Å². The van der Waals surface area contributed by atoms with Crippen LogP contribution in [0.3, 0.4) is 0 Å². The third kappa shape index (κ3) is 1.68. The van der Waals surface area contributed by atoms with Gasteiger partial charge in [-0.05, 0) is 62.5 Å². The van der Waals surface area contributed by atoms with Gasteiger partial charge in [-0.3, -0.25) is 4.79 Å². The van der Waals surface area contributed by atoms with E-state index in [1.165, 1.54) is 11.1 Å². The zero-order valence-electron chi connectivity index (χ0n) is 14.7. The van der Waals surface area contributed by atoms with Crippen LogP contribution in [0.5, 0.6) is 0 Å². The van der Waals surface area contributed by atoms with E-state index in [2.05, 4.69) is 32.1 Å². The molecular weight excluding hydrogens is 298 g/mol. The van der Waals surface area contributed by atoms with E-state index in [9.17, 15) is 15.2 Å².